The molecule has 0 aliphatic rings. The Morgan fingerprint density at radius 1 is 1.14 bits per heavy atom. The molecule has 0 spiro atoms. The lowest BCUT2D eigenvalue weighted by atomic mass is 10.1. The fraction of sp³-hybridized carbons (Fsp3) is 0.0952. The van der Waals surface area contributed by atoms with E-state index < -0.39 is 0 Å². The van der Waals surface area contributed by atoms with Gasteiger partial charge < -0.3 is 4.42 Å². The summed E-state index contributed by atoms with van der Waals surface area (Å²) in [5, 5.41) is 5.45. The number of benzene rings is 2. The number of furan rings is 1. The first kappa shape index (κ1) is 18.7. The van der Waals surface area contributed by atoms with Crippen LogP contribution in [0.3, 0.4) is 0 Å². The summed E-state index contributed by atoms with van der Waals surface area (Å²) in [6.07, 6.45) is 1.50. The number of hydrogen-bond donors (Lipinski definition) is 0. The van der Waals surface area contributed by atoms with E-state index in [9.17, 15) is 4.79 Å². The van der Waals surface area contributed by atoms with Crippen LogP contribution < -0.4 is 5.56 Å². The van der Waals surface area contributed by atoms with Crippen LogP contribution in [-0.4, -0.2) is 15.9 Å². The molecule has 0 atom stereocenters. The van der Waals surface area contributed by atoms with Gasteiger partial charge in [-0.2, -0.15) is 9.78 Å². The zero-order chi connectivity index (χ0) is 19.8. The van der Waals surface area contributed by atoms with Crippen LogP contribution in [0.25, 0.3) is 22.2 Å². The lowest BCUT2D eigenvalue weighted by Gasteiger charge is -2.05. The normalized spacial score (nSPS) is 11.6. The van der Waals surface area contributed by atoms with Gasteiger partial charge in [-0.3, -0.25) is 4.79 Å². The van der Waals surface area contributed by atoms with Gasteiger partial charge in [-0.05, 0) is 55.8 Å². The third-order valence-electron chi connectivity index (χ3n) is 4.35. The Balaban J connectivity index is 1.69. The minimum Gasteiger partial charge on any atom is -0.455 e. The van der Waals surface area contributed by atoms with Crippen LogP contribution in [-0.2, 0) is 0 Å². The molecule has 4 rings (SSSR count). The summed E-state index contributed by atoms with van der Waals surface area (Å²) in [7, 11) is 0. The number of nitrogens with zero attached hydrogens (tertiary/aromatic N) is 3. The van der Waals surface area contributed by atoms with Gasteiger partial charge in [0.1, 0.15) is 17.3 Å². The van der Waals surface area contributed by atoms with E-state index in [1.165, 1.54) is 10.9 Å². The summed E-state index contributed by atoms with van der Waals surface area (Å²) in [6.45, 7) is 3.69. The summed E-state index contributed by atoms with van der Waals surface area (Å²) in [4.78, 5) is 17.2. The molecule has 0 radical (unpaired) electrons. The van der Waals surface area contributed by atoms with Gasteiger partial charge in [-0.1, -0.05) is 39.7 Å². The molecule has 5 nitrogen and oxygen atoms in total. The Morgan fingerprint density at radius 2 is 1.96 bits per heavy atom. The SMILES string of the molecule is Cc1ccc(-c2ccc(C=Nn3c(C)nc4ccc(Br)cc4c3=O)o2)cc1Cl. The number of hydrogen-bond acceptors (Lipinski definition) is 4. The van der Waals surface area contributed by atoms with Gasteiger partial charge in [-0.15, -0.1) is 0 Å². The Kier molecular flexibility index (Phi) is 4.91. The van der Waals surface area contributed by atoms with E-state index in [1.54, 1.807) is 25.1 Å². The van der Waals surface area contributed by atoms with Crippen LogP contribution >= 0.6 is 27.5 Å². The molecular weight excluding hydrogens is 442 g/mol. The van der Waals surface area contributed by atoms with E-state index in [-0.39, 0.29) is 5.56 Å². The molecule has 0 unspecified atom stereocenters. The average Bonchev–Trinajstić information content (AvgIpc) is 3.13. The van der Waals surface area contributed by atoms with E-state index in [4.69, 9.17) is 16.0 Å². The quantitative estimate of drug-likeness (QED) is 0.379. The largest absolute Gasteiger partial charge is 0.455 e. The smallest absolute Gasteiger partial charge is 0.282 e. The van der Waals surface area contributed by atoms with Crippen molar-refractivity contribution in [2.45, 2.75) is 13.8 Å². The highest BCUT2D eigenvalue weighted by atomic mass is 79.9. The Morgan fingerprint density at radius 3 is 2.75 bits per heavy atom. The van der Waals surface area contributed by atoms with Gasteiger partial charge in [-0.25, -0.2) is 4.98 Å². The van der Waals surface area contributed by atoms with Crippen molar-refractivity contribution >= 4 is 44.6 Å². The summed E-state index contributed by atoms with van der Waals surface area (Å²) in [5.41, 5.74) is 2.27. The maximum Gasteiger partial charge on any atom is 0.282 e. The Bertz CT molecular complexity index is 1290. The Hall–Kier alpha value is -2.70. The van der Waals surface area contributed by atoms with Crippen LogP contribution in [0.1, 0.15) is 17.1 Å². The molecule has 4 aromatic rings. The number of aromatic nitrogens is 2. The second-order valence-electron chi connectivity index (χ2n) is 6.35. The van der Waals surface area contributed by atoms with Crippen molar-refractivity contribution in [3.8, 4) is 11.3 Å². The van der Waals surface area contributed by atoms with Gasteiger partial charge in [0, 0.05) is 15.1 Å². The van der Waals surface area contributed by atoms with E-state index >= 15 is 0 Å². The van der Waals surface area contributed by atoms with Crippen molar-refractivity contribution in [3.63, 3.8) is 0 Å². The summed E-state index contributed by atoms with van der Waals surface area (Å²) < 4.78 is 7.90. The van der Waals surface area contributed by atoms with Gasteiger partial charge in [0.05, 0.1) is 17.1 Å². The standard InChI is InChI=1S/C21H15BrClN3O2/c1-12-3-4-14(9-18(12)23)20-8-6-16(28-20)11-24-26-13(2)25-19-7-5-15(22)10-17(19)21(26)27/h3-11H,1-2H3. The molecule has 0 N–H and O–H groups in total. The highest BCUT2D eigenvalue weighted by molar-refractivity contribution is 9.10. The minimum absolute atomic E-state index is 0.239. The topological polar surface area (TPSA) is 60.4 Å². The minimum atomic E-state index is -0.239. The lowest BCUT2D eigenvalue weighted by molar-refractivity contribution is 0.573. The molecular formula is C21H15BrClN3O2. The fourth-order valence-electron chi connectivity index (χ4n) is 2.83. The zero-order valence-electron chi connectivity index (χ0n) is 15.1. The molecule has 2 aromatic heterocycles. The second kappa shape index (κ2) is 7.37. The van der Waals surface area contributed by atoms with Crippen molar-refractivity contribution in [1.82, 2.24) is 9.66 Å². The van der Waals surface area contributed by atoms with E-state index in [0.717, 1.165) is 15.6 Å². The van der Waals surface area contributed by atoms with Gasteiger partial charge in [0.2, 0.25) is 0 Å². The molecule has 0 bridgehead atoms. The van der Waals surface area contributed by atoms with E-state index in [0.29, 0.717) is 33.3 Å². The molecule has 28 heavy (non-hydrogen) atoms. The molecule has 2 heterocycles. The summed E-state index contributed by atoms with van der Waals surface area (Å²) in [5.74, 6) is 1.69. The molecule has 2 aromatic carbocycles. The maximum atomic E-state index is 12.8. The second-order valence-corrected chi connectivity index (χ2v) is 7.67. The predicted molar refractivity (Wildman–Crippen MR) is 115 cm³/mol. The number of aryl methyl sites for hydroxylation is 2. The molecule has 0 saturated heterocycles. The highest BCUT2D eigenvalue weighted by Gasteiger charge is 2.09. The lowest BCUT2D eigenvalue weighted by Crippen LogP contribution is -2.20. The van der Waals surface area contributed by atoms with Crippen molar-refractivity contribution in [3.05, 3.63) is 85.5 Å². The van der Waals surface area contributed by atoms with Crippen molar-refractivity contribution in [1.29, 1.82) is 0 Å². The van der Waals surface area contributed by atoms with Crippen LogP contribution in [0.5, 0.6) is 0 Å². The van der Waals surface area contributed by atoms with Crippen molar-refractivity contribution < 1.29 is 4.42 Å². The van der Waals surface area contributed by atoms with Gasteiger partial charge >= 0.3 is 0 Å². The van der Waals surface area contributed by atoms with E-state index in [2.05, 4.69) is 26.0 Å². The maximum absolute atomic E-state index is 12.8. The zero-order valence-corrected chi connectivity index (χ0v) is 17.5. The van der Waals surface area contributed by atoms with E-state index in [1.807, 2.05) is 37.3 Å². The number of rotatable bonds is 3. The van der Waals surface area contributed by atoms with Crippen molar-refractivity contribution in [2.75, 3.05) is 0 Å². The molecule has 0 aliphatic carbocycles. The fourth-order valence-corrected chi connectivity index (χ4v) is 3.38. The predicted octanol–water partition coefficient (Wildman–Crippen LogP) is 5.57. The Labute approximate surface area is 174 Å². The molecule has 0 saturated carbocycles. The summed E-state index contributed by atoms with van der Waals surface area (Å²) in [6, 6.07) is 14.8. The summed E-state index contributed by atoms with van der Waals surface area (Å²) >= 11 is 9.57. The monoisotopic (exact) mass is 455 g/mol. The molecule has 7 heteroatoms. The van der Waals surface area contributed by atoms with Crippen LogP contribution in [0.2, 0.25) is 5.02 Å². The molecule has 0 amide bonds. The first-order chi connectivity index (χ1) is 13.4. The van der Waals surface area contributed by atoms with Gasteiger partial charge in [0.25, 0.3) is 5.56 Å². The average molecular weight is 457 g/mol. The van der Waals surface area contributed by atoms with Gasteiger partial charge in [0.15, 0.2) is 0 Å². The molecule has 140 valence electrons. The third-order valence-corrected chi connectivity index (χ3v) is 5.25. The number of fused-ring (bicyclic) bond motifs is 1. The third kappa shape index (κ3) is 3.53. The first-order valence-electron chi connectivity index (χ1n) is 8.52. The molecule has 0 aliphatic heterocycles. The number of halogens is 2. The first-order valence-corrected chi connectivity index (χ1v) is 9.69. The molecule has 0 fully saturated rings. The van der Waals surface area contributed by atoms with Crippen LogP contribution in [0, 0.1) is 13.8 Å². The van der Waals surface area contributed by atoms with Crippen LogP contribution in [0.15, 0.2) is 67.3 Å². The van der Waals surface area contributed by atoms with Crippen molar-refractivity contribution in [2.24, 2.45) is 5.10 Å². The highest BCUT2D eigenvalue weighted by Crippen LogP contribution is 2.26. The van der Waals surface area contributed by atoms with Crippen LogP contribution in [0.4, 0.5) is 0 Å².